The van der Waals surface area contributed by atoms with Gasteiger partial charge in [0.1, 0.15) is 0 Å². The number of hydrogen-bond acceptors (Lipinski definition) is 4. The van der Waals surface area contributed by atoms with Gasteiger partial charge in [0.2, 0.25) is 5.78 Å². The Labute approximate surface area is 167 Å². The topological polar surface area (TPSA) is 39.4 Å². The summed E-state index contributed by atoms with van der Waals surface area (Å²) in [5.41, 5.74) is 4.15. The predicted octanol–water partition coefficient (Wildman–Crippen LogP) is 5.63. The van der Waals surface area contributed by atoms with E-state index < -0.39 is 5.82 Å². The molecule has 2 aromatic carbocycles. The molecular weight excluding hydrogens is 373 g/mol. The van der Waals surface area contributed by atoms with Gasteiger partial charge in [-0.15, -0.1) is 11.8 Å². The minimum absolute atomic E-state index is 0.245. The Kier molecular flexibility index (Phi) is 5.05. The standard InChI is InChI=1S/C22H20FN3OS/c1-4-27-19-10-7-16(13-18(19)23)20-21(15-5-8-17(28-3)9-6-15)26-12-11-14(2)24-22(26)25-20/h5-13H,4H2,1-3H3. The molecule has 0 aliphatic carbocycles. The van der Waals surface area contributed by atoms with Crippen LogP contribution in [0.2, 0.25) is 0 Å². The summed E-state index contributed by atoms with van der Waals surface area (Å²) in [7, 11) is 0. The Hall–Kier alpha value is -2.86. The van der Waals surface area contributed by atoms with Crippen molar-refractivity contribution in [3.8, 4) is 28.3 Å². The van der Waals surface area contributed by atoms with Gasteiger partial charge in [-0.1, -0.05) is 12.1 Å². The fourth-order valence-corrected chi connectivity index (χ4v) is 3.57. The molecule has 4 aromatic rings. The molecule has 0 amide bonds. The molecule has 4 nitrogen and oxygen atoms in total. The normalized spacial score (nSPS) is 11.1. The quantitative estimate of drug-likeness (QED) is 0.412. The fourth-order valence-electron chi connectivity index (χ4n) is 3.17. The van der Waals surface area contributed by atoms with Crippen molar-refractivity contribution >= 4 is 17.5 Å². The average molecular weight is 393 g/mol. The van der Waals surface area contributed by atoms with Crippen LogP contribution in [0.4, 0.5) is 4.39 Å². The highest BCUT2D eigenvalue weighted by atomic mass is 32.2. The molecule has 0 bridgehead atoms. The molecule has 0 saturated heterocycles. The van der Waals surface area contributed by atoms with Gasteiger partial charge in [0, 0.05) is 27.9 Å². The number of rotatable bonds is 5. The van der Waals surface area contributed by atoms with Gasteiger partial charge >= 0.3 is 0 Å². The largest absolute Gasteiger partial charge is 0.491 e. The minimum Gasteiger partial charge on any atom is -0.491 e. The molecule has 28 heavy (non-hydrogen) atoms. The van der Waals surface area contributed by atoms with E-state index in [4.69, 9.17) is 9.72 Å². The molecule has 142 valence electrons. The lowest BCUT2D eigenvalue weighted by Crippen LogP contribution is -1.95. The van der Waals surface area contributed by atoms with E-state index in [-0.39, 0.29) is 5.75 Å². The van der Waals surface area contributed by atoms with Crippen molar-refractivity contribution in [2.45, 2.75) is 18.7 Å². The Morgan fingerprint density at radius 1 is 1.04 bits per heavy atom. The maximum Gasteiger partial charge on any atom is 0.235 e. The predicted molar refractivity (Wildman–Crippen MR) is 112 cm³/mol. The number of aryl methyl sites for hydroxylation is 1. The van der Waals surface area contributed by atoms with Crippen LogP contribution >= 0.6 is 11.8 Å². The zero-order valence-corrected chi connectivity index (χ0v) is 16.8. The van der Waals surface area contributed by atoms with Crippen molar-refractivity contribution in [3.63, 3.8) is 0 Å². The van der Waals surface area contributed by atoms with Crippen LogP contribution in [0.15, 0.2) is 59.6 Å². The summed E-state index contributed by atoms with van der Waals surface area (Å²) in [6.45, 7) is 4.18. The van der Waals surface area contributed by atoms with E-state index >= 15 is 0 Å². The summed E-state index contributed by atoms with van der Waals surface area (Å²) in [6.07, 6.45) is 4.00. The first-order chi connectivity index (χ1) is 13.6. The van der Waals surface area contributed by atoms with E-state index in [1.165, 1.54) is 11.0 Å². The lowest BCUT2D eigenvalue weighted by Gasteiger charge is -2.09. The van der Waals surface area contributed by atoms with Crippen LogP contribution < -0.4 is 4.74 Å². The second-order valence-electron chi connectivity index (χ2n) is 6.35. The molecular formula is C22H20FN3OS. The van der Waals surface area contributed by atoms with Crippen molar-refractivity contribution in [1.29, 1.82) is 0 Å². The third kappa shape index (κ3) is 3.36. The molecule has 0 saturated carbocycles. The lowest BCUT2D eigenvalue weighted by molar-refractivity contribution is 0.321. The smallest absolute Gasteiger partial charge is 0.235 e. The summed E-state index contributed by atoms with van der Waals surface area (Å²) in [4.78, 5) is 10.4. The van der Waals surface area contributed by atoms with E-state index in [0.29, 0.717) is 23.6 Å². The number of aromatic nitrogens is 3. The first-order valence-electron chi connectivity index (χ1n) is 9.03. The fraction of sp³-hybridized carbons (Fsp3) is 0.182. The third-order valence-corrected chi connectivity index (χ3v) is 5.25. The van der Waals surface area contributed by atoms with Crippen LogP contribution in [0.5, 0.6) is 5.75 Å². The van der Waals surface area contributed by atoms with Crippen LogP contribution in [0, 0.1) is 12.7 Å². The van der Waals surface area contributed by atoms with E-state index in [9.17, 15) is 4.39 Å². The first-order valence-corrected chi connectivity index (χ1v) is 10.3. The lowest BCUT2D eigenvalue weighted by atomic mass is 10.0. The highest BCUT2D eigenvalue weighted by Crippen LogP contribution is 2.35. The van der Waals surface area contributed by atoms with Crippen molar-refractivity contribution in [2.75, 3.05) is 12.9 Å². The van der Waals surface area contributed by atoms with Crippen LogP contribution in [0.1, 0.15) is 12.6 Å². The molecule has 4 rings (SSSR count). The van der Waals surface area contributed by atoms with Gasteiger partial charge in [-0.25, -0.2) is 14.4 Å². The van der Waals surface area contributed by atoms with Gasteiger partial charge in [0.15, 0.2) is 11.6 Å². The Bertz CT molecular complexity index is 1140. The molecule has 0 unspecified atom stereocenters. The van der Waals surface area contributed by atoms with E-state index in [2.05, 4.69) is 29.2 Å². The number of fused-ring (bicyclic) bond motifs is 1. The SMILES string of the molecule is CCOc1ccc(-c2nc3nc(C)ccn3c2-c2ccc(SC)cc2)cc1F. The number of thioether (sulfide) groups is 1. The van der Waals surface area contributed by atoms with Gasteiger partial charge in [-0.05, 0) is 56.5 Å². The maximum atomic E-state index is 14.5. The van der Waals surface area contributed by atoms with Gasteiger partial charge in [0.05, 0.1) is 18.0 Å². The summed E-state index contributed by atoms with van der Waals surface area (Å²) in [5, 5.41) is 0. The van der Waals surface area contributed by atoms with Crippen molar-refractivity contribution in [3.05, 3.63) is 66.2 Å². The molecule has 0 spiro atoms. The van der Waals surface area contributed by atoms with Crippen molar-refractivity contribution < 1.29 is 9.13 Å². The summed E-state index contributed by atoms with van der Waals surface area (Å²) < 4.78 is 21.8. The highest BCUT2D eigenvalue weighted by molar-refractivity contribution is 7.98. The Morgan fingerprint density at radius 2 is 1.79 bits per heavy atom. The molecule has 0 N–H and O–H groups in total. The number of nitrogens with zero attached hydrogens (tertiary/aromatic N) is 3. The molecule has 0 fully saturated rings. The number of benzene rings is 2. The summed E-state index contributed by atoms with van der Waals surface area (Å²) in [5.74, 6) is 0.437. The summed E-state index contributed by atoms with van der Waals surface area (Å²) in [6, 6.07) is 15.2. The minimum atomic E-state index is -0.399. The highest BCUT2D eigenvalue weighted by Gasteiger charge is 2.18. The average Bonchev–Trinajstić information content (AvgIpc) is 3.08. The monoisotopic (exact) mass is 393 g/mol. The van der Waals surface area contributed by atoms with E-state index in [1.807, 2.05) is 42.8 Å². The van der Waals surface area contributed by atoms with Crippen LogP contribution in [-0.4, -0.2) is 27.2 Å². The molecule has 0 aliphatic heterocycles. The number of ether oxygens (including phenoxy) is 1. The molecule has 2 aromatic heterocycles. The second kappa shape index (κ2) is 7.64. The zero-order chi connectivity index (χ0) is 19.7. The van der Waals surface area contributed by atoms with Gasteiger partial charge in [-0.3, -0.25) is 4.40 Å². The molecule has 0 radical (unpaired) electrons. The van der Waals surface area contributed by atoms with Gasteiger partial charge in [-0.2, -0.15) is 0 Å². The van der Waals surface area contributed by atoms with E-state index in [1.54, 1.807) is 17.8 Å². The maximum absolute atomic E-state index is 14.5. The zero-order valence-electron chi connectivity index (χ0n) is 15.9. The first kappa shape index (κ1) is 18.5. The van der Waals surface area contributed by atoms with Crippen LogP contribution in [0.25, 0.3) is 28.3 Å². The van der Waals surface area contributed by atoms with Crippen molar-refractivity contribution in [2.24, 2.45) is 0 Å². The molecule has 0 atom stereocenters. The Morgan fingerprint density at radius 3 is 2.46 bits per heavy atom. The molecule has 0 aliphatic rings. The van der Waals surface area contributed by atoms with E-state index in [0.717, 1.165) is 17.0 Å². The molecule has 2 heterocycles. The van der Waals surface area contributed by atoms with Crippen LogP contribution in [0.3, 0.4) is 0 Å². The van der Waals surface area contributed by atoms with Gasteiger partial charge < -0.3 is 4.74 Å². The Balaban J connectivity index is 1.93. The number of halogens is 1. The number of imidazole rings is 1. The van der Waals surface area contributed by atoms with Crippen LogP contribution in [-0.2, 0) is 0 Å². The molecule has 6 heteroatoms. The third-order valence-electron chi connectivity index (χ3n) is 4.50. The number of hydrogen-bond donors (Lipinski definition) is 0. The van der Waals surface area contributed by atoms with Gasteiger partial charge in [0.25, 0.3) is 0 Å². The summed E-state index contributed by atoms with van der Waals surface area (Å²) >= 11 is 1.69. The second-order valence-corrected chi connectivity index (χ2v) is 7.23. The van der Waals surface area contributed by atoms with Crippen molar-refractivity contribution in [1.82, 2.24) is 14.4 Å².